The summed E-state index contributed by atoms with van der Waals surface area (Å²) in [6.07, 6.45) is 3.48. The molecular formula is C22H23FO5. The molecule has 2 aromatic rings. The molecule has 28 heavy (non-hydrogen) atoms. The van der Waals surface area contributed by atoms with Gasteiger partial charge in [0.25, 0.3) is 0 Å². The number of carboxylic acid groups (broad SMARTS) is 1. The van der Waals surface area contributed by atoms with E-state index >= 15 is 0 Å². The molecule has 1 fully saturated rings. The summed E-state index contributed by atoms with van der Waals surface area (Å²) < 4.78 is 26.0. The molecule has 1 heterocycles. The van der Waals surface area contributed by atoms with Crippen LogP contribution in [0.25, 0.3) is 0 Å². The Labute approximate surface area is 163 Å². The van der Waals surface area contributed by atoms with Gasteiger partial charge in [0.2, 0.25) is 0 Å². The van der Waals surface area contributed by atoms with E-state index in [0.717, 1.165) is 0 Å². The molecule has 148 valence electrons. The largest absolute Gasteiger partial charge is 0.508 e. The molecule has 0 amide bonds. The highest BCUT2D eigenvalue weighted by molar-refractivity contribution is 5.66. The van der Waals surface area contributed by atoms with Crippen molar-refractivity contribution in [2.24, 2.45) is 5.92 Å². The summed E-state index contributed by atoms with van der Waals surface area (Å²) in [5.41, 5.74) is 0.939. The molecule has 5 nitrogen and oxygen atoms in total. The summed E-state index contributed by atoms with van der Waals surface area (Å²) >= 11 is 0. The molecular weight excluding hydrogens is 363 g/mol. The van der Waals surface area contributed by atoms with Crippen LogP contribution in [-0.4, -0.2) is 22.8 Å². The SMILES string of the molecule is O=C(O)CCC=CCC1COC(c2ccccc2F)OC1c1ccccc1O. The number of hydrogen-bond donors (Lipinski definition) is 2. The van der Waals surface area contributed by atoms with E-state index in [0.29, 0.717) is 30.6 Å². The van der Waals surface area contributed by atoms with Crippen molar-refractivity contribution in [3.63, 3.8) is 0 Å². The van der Waals surface area contributed by atoms with Crippen LogP contribution in [0.1, 0.15) is 42.8 Å². The Bertz CT molecular complexity index is 835. The van der Waals surface area contributed by atoms with Gasteiger partial charge in [0.15, 0.2) is 6.29 Å². The molecule has 0 saturated carbocycles. The zero-order chi connectivity index (χ0) is 19.9. The fourth-order valence-corrected chi connectivity index (χ4v) is 3.25. The smallest absolute Gasteiger partial charge is 0.303 e. The van der Waals surface area contributed by atoms with Crippen molar-refractivity contribution in [1.82, 2.24) is 0 Å². The third kappa shape index (κ3) is 4.97. The van der Waals surface area contributed by atoms with E-state index in [1.54, 1.807) is 36.4 Å². The average Bonchev–Trinajstić information content (AvgIpc) is 2.68. The molecule has 1 aliphatic rings. The summed E-state index contributed by atoms with van der Waals surface area (Å²) in [5.74, 6) is -1.23. The van der Waals surface area contributed by atoms with Gasteiger partial charge < -0.3 is 19.7 Å². The third-order valence-corrected chi connectivity index (χ3v) is 4.69. The van der Waals surface area contributed by atoms with Gasteiger partial charge in [0.1, 0.15) is 11.6 Å². The van der Waals surface area contributed by atoms with E-state index in [-0.39, 0.29) is 18.1 Å². The van der Waals surface area contributed by atoms with E-state index in [4.69, 9.17) is 14.6 Å². The number of benzene rings is 2. The van der Waals surface area contributed by atoms with Crippen molar-refractivity contribution in [2.75, 3.05) is 6.61 Å². The van der Waals surface area contributed by atoms with Gasteiger partial charge in [-0.05, 0) is 25.0 Å². The van der Waals surface area contributed by atoms with Crippen molar-refractivity contribution in [1.29, 1.82) is 0 Å². The fourth-order valence-electron chi connectivity index (χ4n) is 3.25. The number of phenolic OH excluding ortho intramolecular Hbond substituents is 1. The second-order valence-corrected chi connectivity index (χ2v) is 6.70. The van der Waals surface area contributed by atoms with Crippen LogP contribution in [-0.2, 0) is 14.3 Å². The summed E-state index contributed by atoms with van der Waals surface area (Å²) in [4.78, 5) is 10.6. The molecule has 6 heteroatoms. The van der Waals surface area contributed by atoms with Crippen molar-refractivity contribution in [3.8, 4) is 5.75 Å². The predicted molar refractivity (Wildman–Crippen MR) is 101 cm³/mol. The number of ether oxygens (including phenoxy) is 2. The number of para-hydroxylation sites is 1. The van der Waals surface area contributed by atoms with Crippen LogP contribution in [0.2, 0.25) is 0 Å². The van der Waals surface area contributed by atoms with Crippen LogP contribution in [0.3, 0.4) is 0 Å². The summed E-state index contributed by atoms with van der Waals surface area (Å²) in [5, 5.41) is 19.0. The van der Waals surface area contributed by atoms with E-state index < -0.39 is 24.2 Å². The topological polar surface area (TPSA) is 76.0 Å². The fraction of sp³-hybridized carbons (Fsp3) is 0.318. The maximum absolute atomic E-state index is 14.2. The molecule has 2 aromatic carbocycles. The lowest BCUT2D eigenvalue weighted by molar-refractivity contribution is -0.245. The molecule has 3 rings (SSSR count). The predicted octanol–water partition coefficient (Wildman–Crippen LogP) is 4.75. The van der Waals surface area contributed by atoms with E-state index in [1.807, 2.05) is 18.2 Å². The van der Waals surface area contributed by atoms with Crippen molar-refractivity contribution in [2.45, 2.75) is 31.7 Å². The number of phenols is 1. The molecule has 0 aromatic heterocycles. The minimum absolute atomic E-state index is 0.0758. The van der Waals surface area contributed by atoms with Gasteiger partial charge in [-0.3, -0.25) is 4.79 Å². The average molecular weight is 386 g/mol. The van der Waals surface area contributed by atoms with E-state index in [1.165, 1.54) is 6.07 Å². The molecule has 3 unspecified atom stereocenters. The number of aromatic hydroxyl groups is 1. The maximum atomic E-state index is 14.2. The summed E-state index contributed by atoms with van der Waals surface area (Å²) in [6, 6.07) is 13.2. The second kappa shape index (κ2) is 9.48. The van der Waals surface area contributed by atoms with Gasteiger partial charge in [0, 0.05) is 23.5 Å². The number of halogens is 1. The van der Waals surface area contributed by atoms with Gasteiger partial charge in [0.05, 0.1) is 12.7 Å². The molecule has 3 atom stereocenters. The number of hydrogen-bond acceptors (Lipinski definition) is 4. The molecule has 0 spiro atoms. The number of allylic oxidation sites excluding steroid dienone is 2. The van der Waals surface area contributed by atoms with Crippen LogP contribution < -0.4 is 0 Å². The lowest BCUT2D eigenvalue weighted by atomic mass is 9.91. The number of carboxylic acids is 1. The Kier molecular flexibility index (Phi) is 6.79. The number of aliphatic carboxylic acids is 1. The monoisotopic (exact) mass is 386 g/mol. The Morgan fingerprint density at radius 1 is 1.11 bits per heavy atom. The molecule has 1 saturated heterocycles. The minimum Gasteiger partial charge on any atom is -0.508 e. The molecule has 0 aliphatic carbocycles. The standard InChI is InChI=1S/C22H23FO5/c23-18-11-6-4-9-16(18)22-27-14-15(8-2-1-3-13-20(25)26)21(28-22)17-10-5-7-12-19(17)24/h1-2,4-7,9-12,15,21-22,24H,3,8,13-14H2,(H,25,26). The van der Waals surface area contributed by atoms with Gasteiger partial charge in [-0.2, -0.15) is 0 Å². The first-order chi connectivity index (χ1) is 13.6. The highest BCUT2D eigenvalue weighted by atomic mass is 19.1. The van der Waals surface area contributed by atoms with Gasteiger partial charge in [-0.25, -0.2) is 4.39 Å². The Balaban J connectivity index is 1.77. The zero-order valence-electron chi connectivity index (χ0n) is 15.3. The van der Waals surface area contributed by atoms with Gasteiger partial charge >= 0.3 is 5.97 Å². The quantitative estimate of drug-likeness (QED) is 0.672. The van der Waals surface area contributed by atoms with Gasteiger partial charge in [-0.15, -0.1) is 0 Å². The summed E-state index contributed by atoms with van der Waals surface area (Å²) in [7, 11) is 0. The highest BCUT2D eigenvalue weighted by Gasteiger charge is 2.35. The molecule has 0 bridgehead atoms. The van der Waals surface area contributed by atoms with Crippen molar-refractivity contribution in [3.05, 3.63) is 77.6 Å². The Morgan fingerprint density at radius 3 is 2.54 bits per heavy atom. The Hall–Kier alpha value is -2.70. The number of carbonyl (C=O) groups is 1. The lowest BCUT2D eigenvalue weighted by Crippen LogP contribution is -2.30. The van der Waals surface area contributed by atoms with E-state index in [2.05, 4.69) is 0 Å². The highest BCUT2D eigenvalue weighted by Crippen LogP contribution is 2.42. The first kappa shape index (κ1) is 20.0. The van der Waals surface area contributed by atoms with E-state index in [9.17, 15) is 14.3 Å². The molecule has 2 N–H and O–H groups in total. The first-order valence-electron chi connectivity index (χ1n) is 9.22. The summed E-state index contributed by atoms with van der Waals surface area (Å²) in [6.45, 7) is 0.321. The zero-order valence-corrected chi connectivity index (χ0v) is 15.3. The molecule has 0 radical (unpaired) electrons. The van der Waals surface area contributed by atoms with Gasteiger partial charge in [-0.1, -0.05) is 48.6 Å². The van der Waals surface area contributed by atoms with Crippen LogP contribution in [0.15, 0.2) is 60.7 Å². The Morgan fingerprint density at radius 2 is 1.82 bits per heavy atom. The second-order valence-electron chi connectivity index (χ2n) is 6.70. The van der Waals surface area contributed by atoms with Crippen LogP contribution >= 0.6 is 0 Å². The third-order valence-electron chi connectivity index (χ3n) is 4.69. The van der Waals surface area contributed by atoms with Crippen molar-refractivity contribution >= 4 is 5.97 Å². The normalized spacial score (nSPS) is 22.4. The first-order valence-corrected chi connectivity index (χ1v) is 9.22. The van der Waals surface area contributed by atoms with Crippen LogP contribution in [0.4, 0.5) is 4.39 Å². The minimum atomic E-state index is -0.863. The van der Waals surface area contributed by atoms with Crippen LogP contribution in [0.5, 0.6) is 5.75 Å². The van der Waals surface area contributed by atoms with Crippen molar-refractivity contribution < 1.29 is 28.9 Å². The number of rotatable bonds is 7. The van der Waals surface area contributed by atoms with Crippen LogP contribution in [0, 0.1) is 11.7 Å². The molecule has 1 aliphatic heterocycles. The maximum Gasteiger partial charge on any atom is 0.303 e. The lowest BCUT2D eigenvalue weighted by Gasteiger charge is -2.37.